The van der Waals surface area contributed by atoms with Gasteiger partial charge in [0, 0.05) is 18.7 Å². The quantitative estimate of drug-likeness (QED) is 0.879. The lowest BCUT2D eigenvalue weighted by Gasteiger charge is -2.10. The lowest BCUT2D eigenvalue weighted by molar-refractivity contribution is 0.410. The molecule has 18 heavy (non-hydrogen) atoms. The lowest BCUT2D eigenvalue weighted by atomic mass is 10.00. The molecule has 0 bridgehead atoms. The summed E-state index contributed by atoms with van der Waals surface area (Å²) in [6.07, 6.45) is 3.37. The van der Waals surface area contributed by atoms with Crippen molar-refractivity contribution in [2.75, 3.05) is 12.8 Å². The largest absolute Gasteiger partial charge is 0.496 e. The maximum Gasteiger partial charge on any atom is 0.122 e. The van der Waals surface area contributed by atoms with E-state index >= 15 is 0 Å². The highest BCUT2D eigenvalue weighted by Crippen LogP contribution is 2.37. The maximum absolute atomic E-state index is 5.86. The molecule has 2 N–H and O–H groups in total. The third kappa shape index (κ3) is 1.56. The van der Waals surface area contributed by atoms with Gasteiger partial charge in [-0.3, -0.25) is 4.68 Å². The van der Waals surface area contributed by atoms with Crippen LogP contribution in [0, 0.1) is 0 Å². The van der Waals surface area contributed by atoms with E-state index in [2.05, 4.69) is 11.2 Å². The molecule has 4 heteroatoms. The molecule has 0 saturated carbocycles. The second-order valence-corrected chi connectivity index (χ2v) is 4.70. The van der Waals surface area contributed by atoms with Crippen molar-refractivity contribution in [3.05, 3.63) is 29.3 Å². The van der Waals surface area contributed by atoms with E-state index in [4.69, 9.17) is 10.5 Å². The Hall–Kier alpha value is -1.97. The van der Waals surface area contributed by atoms with Crippen molar-refractivity contribution in [1.29, 1.82) is 0 Å². The number of nitrogens with zero attached hydrogens (tertiary/aromatic N) is 2. The number of nitrogens with two attached hydrogens (primary N) is 1. The molecule has 0 amide bonds. The normalized spacial score (nSPS) is 13.7. The zero-order chi connectivity index (χ0) is 12.7. The van der Waals surface area contributed by atoms with Gasteiger partial charge in [0.1, 0.15) is 11.6 Å². The Morgan fingerprint density at radius 2 is 2.06 bits per heavy atom. The minimum absolute atomic E-state index is 0.688. The van der Waals surface area contributed by atoms with Gasteiger partial charge in [0.15, 0.2) is 0 Å². The fourth-order valence-electron chi connectivity index (χ4n) is 2.72. The zero-order valence-corrected chi connectivity index (χ0v) is 10.7. The van der Waals surface area contributed by atoms with Crippen molar-refractivity contribution in [1.82, 2.24) is 9.78 Å². The SMILES string of the molecule is COc1ccc(-c2cc(N)n(C)n2)c2c1CCC2. The number of rotatable bonds is 2. The first-order valence-corrected chi connectivity index (χ1v) is 6.19. The standard InChI is InChI=1S/C14H17N3O/c1-17-14(15)8-12(16-17)10-6-7-13(18-2)11-5-3-4-9(10)11/h6-8H,3-5,15H2,1-2H3. The second-order valence-electron chi connectivity index (χ2n) is 4.70. The van der Waals surface area contributed by atoms with Gasteiger partial charge in [-0.1, -0.05) is 0 Å². The van der Waals surface area contributed by atoms with Gasteiger partial charge in [-0.2, -0.15) is 5.10 Å². The molecule has 0 radical (unpaired) electrons. The van der Waals surface area contributed by atoms with Crippen LogP contribution in [0.1, 0.15) is 17.5 Å². The van der Waals surface area contributed by atoms with Gasteiger partial charge in [-0.05, 0) is 42.5 Å². The Kier molecular flexibility index (Phi) is 2.51. The molecule has 1 aliphatic carbocycles. The van der Waals surface area contributed by atoms with Crippen LogP contribution in [0.2, 0.25) is 0 Å². The molecule has 1 heterocycles. The summed E-state index contributed by atoms with van der Waals surface area (Å²) >= 11 is 0. The smallest absolute Gasteiger partial charge is 0.122 e. The Balaban J connectivity index is 2.16. The Morgan fingerprint density at radius 3 is 2.72 bits per heavy atom. The number of ether oxygens (including phenoxy) is 1. The summed E-state index contributed by atoms with van der Waals surface area (Å²) in [5, 5.41) is 4.46. The number of anilines is 1. The van der Waals surface area contributed by atoms with E-state index in [1.807, 2.05) is 19.2 Å². The number of hydrogen-bond acceptors (Lipinski definition) is 3. The summed E-state index contributed by atoms with van der Waals surface area (Å²) < 4.78 is 7.14. The van der Waals surface area contributed by atoms with Gasteiger partial charge in [-0.25, -0.2) is 0 Å². The molecule has 1 aromatic carbocycles. The molecule has 0 atom stereocenters. The van der Waals surface area contributed by atoms with Crippen molar-refractivity contribution in [3.63, 3.8) is 0 Å². The van der Waals surface area contributed by atoms with Crippen molar-refractivity contribution < 1.29 is 4.74 Å². The maximum atomic E-state index is 5.86. The number of methoxy groups -OCH3 is 1. The molecule has 0 unspecified atom stereocenters. The molecule has 3 rings (SSSR count). The number of fused-ring (bicyclic) bond motifs is 1. The molecule has 0 aliphatic heterocycles. The Bertz CT molecular complexity index is 582. The monoisotopic (exact) mass is 243 g/mol. The van der Waals surface area contributed by atoms with Gasteiger partial charge < -0.3 is 10.5 Å². The van der Waals surface area contributed by atoms with E-state index in [9.17, 15) is 0 Å². The first kappa shape index (κ1) is 11.1. The third-order valence-electron chi connectivity index (χ3n) is 3.65. The molecule has 0 saturated heterocycles. The van der Waals surface area contributed by atoms with Gasteiger partial charge in [0.2, 0.25) is 0 Å². The number of aryl methyl sites for hydroxylation is 1. The van der Waals surface area contributed by atoms with Gasteiger partial charge in [0.05, 0.1) is 12.8 Å². The molecule has 2 aromatic rings. The van der Waals surface area contributed by atoms with Crippen LogP contribution >= 0.6 is 0 Å². The Morgan fingerprint density at radius 1 is 1.28 bits per heavy atom. The van der Waals surface area contributed by atoms with E-state index < -0.39 is 0 Å². The Labute approximate surface area is 106 Å². The van der Waals surface area contributed by atoms with Crippen LogP contribution in [0.4, 0.5) is 5.82 Å². The first-order valence-electron chi connectivity index (χ1n) is 6.19. The summed E-state index contributed by atoms with van der Waals surface area (Å²) in [4.78, 5) is 0. The highest BCUT2D eigenvalue weighted by Gasteiger charge is 2.21. The summed E-state index contributed by atoms with van der Waals surface area (Å²) in [6.45, 7) is 0. The van der Waals surface area contributed by atoms with E-state index in [1.165, 1.54) is 23.1 Å². The van der Waals surface area contributed by atoms with Crippen LogP contribution in [0.3, 0.4) is 0 Å². The third-order valence-corrected chi connectivity index (χ3v) is 3.65. The predicted molar refractivity (Wildman–Crippen MR) is 71.6 cm³/mol. The summed E-state index contributed by atoms with van der Waals surface area (Å²) in [6, 6.07) is 6.05. The summed E-state index contributed by atoms with van der Waals surface area (Å²) in [5.74, 6) is 1.68. The number of aromatic nitrogens is 2. The zero-order valence-electron chi connectivity index (χ0n) is 10.7. The molecule has 1 aromatic heterocycles. The molecule has 0 fully saturated rings. The molecule has 94 valence electrons. The summed E-state index contributed by atoms with van der Waals surface area (Å²) in [7, 11) is 3.59. The second kappa shape index (κ2) is 4.05. The van der Waals surface area contributed by atoms with E-state index in [1.54, 1.807) is 11.8 Å². The fourth-order valence-corrected chi connectivity index (χ4v) is 2.72. The minimum atomic E-state index is 0.688. The highest BCUT2D eigenvalue weighted by molar-refractivity contribution is 5.70. The number of hydrogen-bond donors (Lipinski definition) is 1. The van der Waals surface area contributed by atoms with Crippen LogP contribution in [-0.4, -0.2) is 16.9 Å². The van der Waals surface area contributed by atoms with Crippen LogP contribution < -0.4 is 10.5 Å². The predicted octanol–water partition coefficient (Wildman–Crippen LogP) is 2.17. The van der Waals surface area contributed by atoms with Gasteiger partial charge in [-0.15, -0.1) is 0 Å². The lowest BCUT2D eigenvalue weighted by Crippen LogP contribution is -1.97. The van der Waals surface area contributed by atoms with Crippen molar-refractivity contribution in [2.45, 2.75) is 19.3 Å². The van der Waals surface area contributed by atoms with Crippen LogP contribution in [-0.2, 0) is 19.9 Å². The van der Waals surface area contributed by atoms with Crippen LogP contribution in [0.15, 0.2) is 18.2 Å². The van der Waals surface area contributed by atoms with Crippen molar-refractivity contribution in [2.24, 2.45) is 7.05 Å². The number of nitrogen functional groups attached to an aromatic ring is 1. The first-order chi connectivity index (χ1) is 8.70. The molecule has 0 spiro atoms. The minimum Gasteiger partial charge on any atom is -0.496 e. The van der Waals surface area contributed by atoms with E-state index in [0.717, 1.165) is 24.3 Å². The number of benzene rings is 1. The molecular formula is C14H17N3O. The van der Waals surface area contributed by atoms with Crippen LogP contribution in [0.25, 0.3) is 11.3 Å². The van der Waals surface area contributed by atoms with Gasteiger partial charge in [0.25, 0.3) is 0 Å². The highest BCUT2D eigenvalue weighted by atomic mass is 16.5. The fraction of sp³-hybridized carbons (Fsp3) is 0.357. The van der Waals surface area contributed by atoms with Gasteiger partial charge >= 0.3 is 0 Å². The van der Waals surface area contributed by atoms with E-state index in [-0.39, 0.29) is 0 Å². The summed E-state index contributed by atoms with van der Waals surface area (Å²) in [5.41, 5.74) is 10.7. The molecule has 1 aliphatic rings. The average Bonchev–Trinajstić information content (AvgIpc) is 2.96. The molecular weight excluding hydrogens is 226 g/mol. The van der Waals surface area contributed by atoms with Crippen molar-refractivity contribution in [3.8, 4) is 17.0 Å². The van der Waals surface area contributed by atoms with Crippen molar-refractivity contribution >= 4 is 5.82 Å². The molecule has 4 nitrogen and oxygen atoms in total. The van der Waals surface area contributed by atoms with E-state index in [0.29, 0.717) is 5.82 Å². The van der Waals surface area contributed by atoms with Crippen LogP contribution in [0.5, 0.6) is 5.75 Å². The topological polar surface area (TPSA) is 53.1 Å². The average molecular weight is 243 g/mol.